The maximum atomic E-state index is 13.8. The van der Waals surface area contributed by atoms with E-state index in [9.17, 15) is 9.18 Å². The number of anilines is 1. The maximum absolute atomic E-state index is 13.8. The number of rotatable bonds is 3. The van der Waals surface area contributed by atoms with E-state index in [0.29, 0.717) is 17.0 Å². The maximum Gasteiger partial charge on any atom is 0.417 e. The number of carbonyl (C=O) groups excluding carboxylic acids is 1. The van der Waals surface area contributed by atoms with Crippen LogP contribution in [0.5, 0.6) is 5.75 Å². The molecule has 5 heteroatoms. The number of para-hydroxylation sites is 1. The Morgan fingerprint density at radius 1 is 1.00 bits per heavy atom. The topological polar surface area (TPSA) is 51.2 Å². The second-order valence-corrected chi connectivity index (χ2v) is 4.80. The number of benzene rings is 2. The highest BCUT2D eigenvalue weighted by atomic mass is 19.1. The van der Waals surface area contributed by atoms with Crippen LogP contribution < -0.4 is 10.1 Å². The summed E-state index contributed by atoms with van der Waals surface area (Å²) in [6.07, 6.45) is 2.58. The Kier molecular flexibility index (Phi) is 4.29. The molecule has 114 valence electrons. The van der Waals surface area contributed by atoms with E-state index >= 15 is 0 Å². The summed E-state index contributed by atoms with van der Waals surface area (Å²) in [7, 11) is 0. The Morgan fingerprint density at radius 2 is 1.83 bits per heavy atom. The van der Waals surface area contributed by atoms with Crippen LogP contribution in [0.1, 0.15) is 0 Å². The Balaban J connectivity index is 1.78. The van der Waals surface area contributed by atoms with Crippen LogP contribution in [0.3, 0.4) is 0 Å². The first kappa shape index (κ1) is 14.7. The molecule has 0 aliphatic rings. The van der Waals surface area contributed by atoms with E-state index in [0.717, 1.165) is 5.56 Å². The quantitative estimate of drug-likeness (QED) is 0.775. The molecule has 0 aliphatic carbocycles. The molecular weight excluding hydrogens is 295 g/mol. The van der Waals surface area contributed by atoms with Crippen molar-refractivity contribution in [2.45, 2.75) is 0 Å². The fraction of sp³-hybridized carbons (Fsp3) is 0. The number of carbonyl (C=O) groups is 1. The van der Waals surface area contributed by atoms with Crippen molar-refractivity contribution < 1.29 is 13.9 Å². The molecule has 0 atom stereocenters. The van der Waals surface area contributed by atoms with Crippen molar-refractivity contribution in [3.8, 4) is 16.9 Å². The molecule has 0 saturated heterocycles. The number of nitrogens with one attached hydrogen (secondary N) is 1. The zero-order valence-electron chi connectivity index (χ0n) is 12.1. The second kappa shape index (κ2) is 6.70. The van der Waals surface area contributed by atoms with E-state index in [2.05, 4.69) is 10.3 Å². The van der Waals surface area contributed by atoms with Crippen LogP contribution in [0, 0.1) is 5.82 Å². The lowest BCUT2D eigenvalue weighted by Crippen LogP contribution is -2.16. The number of amides is 1. The molecule has 23 heavy (non-hydrogen) atoms. The molecular formula is C18H13FN2O2. The number of nitrogens with zero attached hydrogens (tertiary/aromatic N) is 1. The van der Waals surface area contributed by atoms with Gasteiger partial charge in [-0.25, -0.2) is 9.18 Å². The molecule has 1 aromatic heterocycles. The average Bonchev–Trinajstić information content (AvgIpc) is 2.56. The summed E-state index contributed by atoms with van der Waals surface area (Å²) in [6.45, 7) is 0. The van der Waals surface area contributed by atoms with Gasteiger partial charge in [0.2, 0.25) is 0 Å². The number of ether oxygens (including phenoxy) is 1. The van der Waals surface area contributed by atoms with Gasteiger partial charge < -0.3 is 4.74 Å². The third kappa shape index (κ3) is 3.91. The van der Waals surface area contributed by atoms with Crippen LogP contribution in [-0.2, 0) is 0 Å². The minimum Gasteiger partial charge on any atom is -0.410 e. The van der Waals surface area contributed by atoms with E-state index in [1.807, 2.05) is 12.1 Å². The highest BCUT2D eigenvalue weighted by molar-refractivity contribution is 5.87. The number of halogens is 1. The summed E-state index contributed by atoms with van der Waals surface area (Å²) in [4.78, 5) is 15.9. The highest BCUT2D eigenvalue weighted by Crippen LogP contribution is 2.24. The van der Waals surface area contributed by atoms with Gasteiger partial charge in [-0.2, -0.15) is 0 Å². The lowest BCUT2D eigenvalue weighted by atomic mass is 10.1. The molecule has 1 amide bonds. The summed E-state index contributed by atoms with van der Waals surface area (Å²) in [6, 6.07) is 16.5. The molecule has 0 saturated carbocycles. The SMILES string of the molecule is O=C(Nc1cc(F)cc(-c2cccnc2)c1)Oc1ccccc1. The van der Waals surface area contributed by atoms with E-state index < -0.39 is 11.9 Å². The summed E-state index contributed by atoms with van der Waals surface area (Å²) in [5.74, 6) is -0.0461. The predicted octanol–water partition coefficient (Wildman–Crippen LogP) is 4.50. The molecule has 0 spiro atoms. The van der Waals surface area contributed by atoms with Crippen molar-refractivity contribution in [2.24, 2.45) is 0 Å². The zero-order chi connectivity index (χ0) is 16.1. The predicted molar refractivity (Wildman–Crippen MR) is 85.7 cm³/mol. The fourth-order valence-electron chi connectivity index (χ4n) is 2.10. The van der Waals surface area contributed by atoms with Crippen molar-refractivity contribution >= 4 is 11.8 Å². The van der Waals surface area contributed by atoms with E-state index in [1.165, 1.54) is 12.1 Å². The Hall–Kier alpha value is -3.21. The van der Waals surface area contributed by atoms with Gasteiger partial charge in [0.1, 0.15) is 11.6 Å². The van der Waals surface area contributed by atoms with Gasteiger partial charge in [0.15, 0.2) is 0 Å². The minimum atomic E-state index is -0.682. The summed E-state index contributed by atoms with van der Waals surface area (Å²) >= 11 is 0. The minimum absolute atomic E-state index is 0.310. The van der Waals surface area contributed by atoms with Gasteiger partial charge in [0, 0.05) is 23.6 Å². The zero-order valence-corrected chi connectivity index (χ0v) is 12.1. The summed E-state index contributed by atoms with van der Waals surface area (Å²) < 4.78 is 18.9. The van der Waals surface area contributed by atoms with Crippen LogP contribution in [0.25, 0.3) is 11.1 Å². The van der Waals surface area contributed by atoms with Crippen molar-refractivity contribution in [2.75, 3.05) is 5.32 Å². The van der Waals surface area contributed by atoms with Crippen LogP contribution >= 0.6 is 0 Å². The first-order valence-corrected chi connectivity index (χ1v) is 6.95. The largest absolute Gasteiger partial charge is 0.417 e. The van der Waals surface area contributed by atoms with Gasteiger partial charge in [-0.05, 0) is 42.0 Å². The normalized spacial score (nSPS) is 10.1. The van der Waals surface area contributed by atoms with E-state index in [4.69, 9.17) is 4.74 Å². The number of pyridine rings is 1. The first-order valence-electron chi connectivity index (χ1n) is 6.95. The molecule has 1 N–H and O–H groups in total. The Morgan fingerprint density at radius 3 is 2.57 bits per heavy atom. The van der Waals surface area contributed by atoms with Crippen LogP contribution in [0.4, 0.5) is 14.9 Å². The molecule has 0 radical (unpaired) electrons. The molecule has 4 nitrogen and oxygen atoms in total. The number of hydrogen-bond acceptors (Lipinski definition) is 3. The summed E-state index contributed by atoms with van der Waals surface area (Å²) in [5, 5.41) is 2.52. The average molecular weight is 308 g/mol. The molecule has 3 rings (SSSR count). The van der Waals surface area contributed by atoms with Crippen molar-refractivity contribution in [1.29, 1.82) is 0 Å². The third-order valence-corrected chi connectivity index (χ3v) is 3.09. The van der Waals surface area contributed by atoms with Gasteiger partial charge in [0.25, 0.3) is 0 Å². The molecule has 1 heterocycles. The van der Waals surface area contributed by atoms with Gasteiger partial charge in [0.05, 0.1) is 0 Å². The van der Waals surface area contributed by atoms with Crippen molar-refractivity contribution in [3.63, 3.8) is 0 Å². The van der Waals surface area contributed by atoms with Gasteiger partial charge in [-0.15, -0.1) is 0 Å². The molecule has 3 aromatic rings. The van der Waals surface area contributed by atoms with E-state index in [-0.39, 0.29) is 0 Å². The third-order valence-electron chi connectivity index (χ3n) is 3.09. The van der Waals surface area contributed by atoms with Gasteiger partial charge in [-0.3, -0.25) is 10.3 Å². The molecule has 0 unspecified atom stereocenters. The number of aromatic nitrogens is 1. The lowest BCUT2D eigenvalue weighted by molar-refractivity contribution is 0.215. The second-order valence-electron chi connectivity index (χ2n) is 4.80. The van der Waals surface area contributed by atoms with Crippen LogP contribution in [0.15, 0.2) is 73.1 Å². The van der Waals surface area contributed by atoms with Gasteiger partial charge >= 0.3 is 6.09 Å². The molecule has 0 aliphatic heterocycles. The van der Waals surface area contributed by atoms with Gasteiger partial charge in [-0.1, -0.05) is 24.3 Å². The van der Waals surface area contributed by atoms with Crippen molar-refractivity contribution in [1.82, 2.24) is 4.98 Å². The van der Waals surface area contributed by atoms with Crippen molar-refractivity contribution in [3.05, 3.63) is 78.9 Å². The van der Waals surface area contributed by atoms with Crippen LogP contribution in [0.2, 0.25) is 0 Å². The number of hydrogen-bond donors (Lipinski definition) is 1. The first-order chi connectivity index (χ1) is 11.2. The van der Waals surface area contributed by atoms with E-state index in [1.54, 1.807) is 48.8 Å². The Labute approximate surface area is 132 Å². The lowest BCUT2D eigenvalue weighted by Gasteiger charge is -2.09. The Bertz CT molecular complexity index is 808. The highest BCUT2D eigenvalue weighted by Gasteiger charge is 2.08. The fourth-order valence-corrected chi connectivity index (χ4v) is 2.10. The molecule has 0 bridgehead atoms. The molecule has 0 fully saturated rings. The van der Waals surface area contributed by atoms with Crippen LogP contribution in [-0.4, -0.2) is 11.1 Å². The monoisotopic (exact) mass is 308 g/mol. The summed E-state index contributed by atoms with van der Waals surface area (Å²) in [5.41, 5.74) is 1.68. The smallest absolute Gasteiger partial charge is 0.410 e. The molecule has 2 aromatic carbocycles. The standard InChI is InChI=1S/C18H13FN2O2/c19-15-9-14(13-5-4-8-20-12-13)10-16(11-15)21-18(22)23-17-6-2-1-3-7-17/h1-12H,(H,21,22).